The van der Waals surface area contributed by atoms with Crippen molar-refractivity contribution in [3.63, 3.8) is 0 Å². The van der Waals surface area contributed by atoms with Crippen molar-refractivity contribution in [2.45, 2.75) is 44.7 Å². The summed E-state index contributed by atoms with van der Waals surface area (Å²) in [7, 11) is 0. The number of nitrogens with zero attached hydrogens (tertiary/aromatic N) is 2. The van der Waals surface area contributed by atoms with Crippen molar-refractivity contribution in [3.05, 3.63) is 52.9 Å². The predicted molar refractivity (Wildman–Crippen MR) is 125 cm³/mol. The van der Waals surface area contributed by atoms with Gasteiger partial charge in [-0.2, -0.15) is 0 Å². The van der Waals surface area contributed by atoms with Crippen LogP contribution in [0.3, 0.4) is 0 Å². The third-order valence-electron chi connectivity index (χ3n) is 7.22. The maximum absolute atomic E-state index is 12.6. The molecule has 6 heteroatoms. The zero-order chi connectivity index (χ0) is 21.3. The molecule has 0 bridgehead atoms. The molecule has 0 radical (unpaired) electrons. The summed E-state index contributed by atoms with van der Waals surface area (Å²) in [5.41, 5.74) is 3.00. The molecule has 0 aliphatic carbocycles. The second-order valence-corrected chi connectivity index (χ2v) is 9.93. The van der Waals surface area contributed by atoms with Crippen molar-refractivity contribution in [1.29, 1.82) is 0 Å². The van der Waals surface area contributed by atoms with E-state index in [0.717, 1.165) is 77.1 Å². The fraction of sp³-hybridized carbons (Fsp3) is 0.440. The lowest BCUT2D eigenvalue weighted by molar-refractivity contribution is -0.968. The highest BCUT2D eigenvalue weighted by Crippen LogP contribution is 2.38. The number of carboxylic acids is 1. The highest BCUT2D eigenvalue weighted by Gasteiger charge is 2.41. The van der Waals surface area contributed by atoms with E-state index in [1.54, 1.807) is 11.3 Å². The molecule has 3 aromatic rings. The lowest BCUT2D eigenvalue weighted by Crippen LogP contribution is -2.60. The molecule has 2 saturated heterocycles. The van der Waals surface area contributed by atoms with Gasteiger partial charge < -0.3 is 14.9 Å². The molecule has 0 atom stereocenters. The van der Waals surface area contributed by atoms with Crippen LogP contribution in [0.4, 0.5) is 0 Å². The number of carbonyl (C=O) groups is 1. The fourth-order valence-corrected chi connectivity index (χ4v) is 6.47. The second kappa shape index (κ2) is 8.69. The maximum atomic E-state index is 12.6. The number of thiophene rings is 1. The van der Waals surface area contributed by atoms with E-state index in [0.29, 0.717) is 11.6 Å². The minimum absolute atomic E-state index is 0.450. The fourth-order valence-electron chi connectivity index (χ4n) is 5.73. The van der Waals surface area contributed by atoms with Gasteiger partial charge in [-0.05, 0) is 36.8 Å². The van der Waals surface area contributed by atoms with Crippen LogP contribution in [0.1, 0.15) is 48.0 Å². The lowest BCUT2D eigenvalue weighted by Gasteiger charge is -2.49. The van der Waals surface area contributed by atoms with Crippen LogP contribution < -0.4 is 5.32 Å². The van der Waals surface area contributed by atoms with E-state index >= 15 is 0 Å². The lowest BCUT2D eigenvalue weighted by atomic mass is 9.92. The van der Waals surface area contributed by atoms with Gasteiger partial charge in [0, 0.05) is 36.9 Å². The van der Waals surface area contributed by atoms with E-state index in [2.05, 4.69) is 16.8 Å². The largest absolute Gasteiger partial charge is 0.478 e. The maximum Gasteiger partial charge on any atom is 0.336 e. The topological polar surface area (TPSA) is 62.2 Å². The van der Waals surface area contributed by atoms with Gasteiger partial charge in [0.25, 0.3) is 0 Å². The van der Waals surface area contributed by atoms with Crippen molar-refractivity contribution in [2.24, 2.45) is 0 Å². The van der Waals surface area contributed by atoms with Crippen LogP contribution in [0, 0.1) is 0 Å². The second-order valence-electron chi connectivity index (χ2n) is 8.98. The van der Waals surface area contributed by atoms with Gasteiger partial charge in [0.15, 0.2) is 0 Å². The number of piperidine rings is 2. The Kier molecular flexibility index (Phi) is 5.78. The summed E-state index contributed by atoms with van der Waals surface area (Å²) in [4.78, 5) is 18.7. The van der Waals surface area contributed by atoms with Crippen LogP contribution in [-0.4, -0.2) is 52.8 Å². The zero-order valence-corrected chi connectivity index (χ0v) is 18.7. The third-order valence-corrected chi connectivity index (χ3v) is 8.10. The minimum Gasteiger partial charge on any atom is -0.478 e. The Balaban J connectivity index is 1.71. The number of aromatic carboxylic acids is 1. The van der Waals surface area contributed by atoms with Gasteiger partial charge in [0.2, 0.25) is 0 Å². The predicted octanol–water partition coefficient (Wildman–Crippen LogP) is 4.91. The number of hydrogen-bond acceptors (Lipinski definition) is 4. The molecule has 5 nitrogen and oxygen atoms in total. The summed E-state index contributed by atoms with van der Waals surface area (Å²) in [5, 5.41) is 16.7. The normalized spacial score (nSPS) is 19.5. The SMILES string of the molecule is O=C(O)c1c(C[N+]2(C3CCNCC3)CCCCC2)c(-c2cccs2)nc2ccccc12. The first kappa shape index (κ1) is 20.6. The Morgan fingerprint density at radius 3 is 2.58 bits per heavy atom. The van der Waals surface area contributed by atoms with E-state index in [1.165, 1.54) is 19.3 Å². The molecule has 0 amide bonds. The number of aromatic nitrogens is 1. The highest BCUT2D eigenvalue weighted by molar-refractivity contribution is 7.13. The van der Waals surface area contributed by atoms with Crippen molar-refractivity contribution < 1.29 is 14.4 Å². The van der Waals surface area contributed by atoms with Gasteiger partial charge in [-0.1, -0.05) is 24.3 Å². The molecule has 0 saturated carbocycles. The number of carboxylic acid groups (broad SMARTS) is 1. The van der Waals surface area contributed by atoms with E-state index in [1.807, 2.05) is 30.3 Å². The number of benzene rings is 1. The Hall–Kier alpha value is -2.28. The van der Waals surface area contributed by atoms with Crippen LogP contribution in [0.15, 0.2) is 41.8 Å². The van der Waals surface area contributed by atoms with Crippen LogP contribution >= 0.6 is 11.3 Å². The Labute approximate surface area is 187 Å². The van der Waals surface area contributed by atoms with Gasteiger partial charge in [0.05, 0.1) is 40.8 Å². The number of likely N-dealkylation sites (tertiary alicyclic amines) is 1. The molecule has 4 heterocycles. The van der Waals surface area contributed by atoms with Gasteiger partial charge in [-0.3, -0.25) is 0 Å². The summed E-state index contributed by atoms with van der Waals surface area (Å²) in [6.45, 7) is 5.16. The Bertz CT molecular complexity index is 1070. The molecule has 31 heavy (non-hydrogen) atoms. The highest BCUT2D eigenvalue weighted by atomic mass is 32.1. The van der Waals surface area contributed by atoms with Gasteiger partial charge in [-0.25, -0.2) is 9.78 Å². The molecule has 2 aliphatic heterocycles. The first-order valence-electron chi connectivity index (χ1n) is 11.4. The van der Waals surface area contributed by atoms with Crippen molar-refractivity contribution in [1.82, 2.24) is 10.3 Å². The molecule has 2 fully saturated rings. The number of fused-ring (bicyclic) bond motifs is 1. The van der Waals surface area contributed by atoms with Crippen LogP contribution in [0.2, 0.25) is 0 Å². The molecule has 2 aliphatic rings. The molecule has 5 rings (SSSR count). The van der Waals surface area contributed by atoms with E-state index < -0.39 is 5.97 Å². The summed E-state index contributed by atoms with van der Waals surface area (Å²) in [5.74, 6) is -0.841. The quantitative estimate of drug-likeness (QED) is 0.558. The van der Waals surface area contributed by atoms with Gasteiger partial charge in [-0.15, -0.1) is 11.3 Å². The third kappa shape index (κ3) is 3.88. The summed E-state index contributed by atoms with van der Waals surface area (Å²) in [6.07, 6.45) is 6.06. The smallest absolute Gasteiger partial charge is 0.336 e. The molecular weight excluding hydrogens is 406 g/mol. The molecule has 0 spiro atoms. The van der Waals surface area contributed by atoms with E-state index in [9.17, 15) is 9.90 Å². The minimum atomic E-state index is -0.841. The van der Waals surface area contributed by atoms with Crippen LogP contribution in [-0.2, 0) is 6.54 Å². The summed E-state index contributed by atoms with van der Waals surface area (Å²) in [6, 6.07) is 12.4. The molecular formula is C25H30N3O2S+. The van der Waals surface area contributed by atoms with Crippen LogP contribution in [0.25, 0.3) is 21.5 Å². The van der Waals surface area contributed by atoms with Crippen LogP contribution in [0.5, 0.6) is 0 Å². The zero-order valence-electron chi connectivity index (χ0n) is 17.8. The average molecular weight is 437 g/mol. The molecule has 2 aromatic heterocycles. The number of quaternary nitrogens is 1. The summed E-state index contributed by atoms with van der Waals surface area (Å²) < 4.78 is 1.01. The van der Waals surface area contributed by atoms with Crippen molar-refractivity contribution in [3.8, 4) is 10.6 Å². The number of rotatable bonds is 5. The van der Waals surface area contributed by atoms with E-state index in [4.69, 9.17) is 4.98 Å². The summed E-state index contributed by atoms with van der Waals surface area (Å²) >= 11 is 1.64. The first-order chi connectivity index (χ1) is 15.2. The van der Waals surface area contributed by atoms with Crippen molar-refractivity contribution >= 4 is 28.2 Å². The van der Waals surface area contributed by atoms with E-state index in [-0.39, 0.29) is 0 Å². The Morgan fingerprint density at radius 1 is 1.10 bits per heavy atom. The first-order valence-corrected chi connectivity index (χ1v) is 12.3. The molecule has 2 N–H and O–H groups in total. The number of para-hydroxylation sites is 1. The monoisotopic (exact) mass is 436 g/mol. The molecule has 162 valence electrons. The number of nitrogens with one attached hydrogen (secondary N) is 1. The Morgan fingerprint density at radius 2 is 1.87 bits per heavy atom. The van der Waals surface area contributed by atoms with Gasteiger partial charge in [0.1, 0.15) is 6.54 Å². The standard InChI is InChI=1S/C25H29N3O2S/c29-25(30)23-19-7-2-3-8-21(19)27-24(22-9-6-16-31-22)20(23)17-28(14-4-1-5-15-28)18-10-12-26-13-11-18/h2-3,6-9,16,18,26H,1,4-5,10-15,17H2/p+1. The van der Waals surface area contributed by atoms with Crippen molar-refractivity contribution in [2.75, 3.05) is 26.2 Å². The number of pyridine rings is 1. The number of hydrogen-bond donors (Lipinski definition) is 2. The molecule has 1 aromatic carbocycles. The average Bonchev–Trinajstić information content (AvgIpc) is 3.34. The molecule has 0 unspecified atom stereocenters. The van der Waals surface area contributed by atoms with Gasteiger partial charge >= 0.3 is 5.97 Å².